The highest BCUT2D eigenvalue weighted by molar-refractivity contribution is 5.83. The SMILES string of the molecule is COc1ccccc1N1CCC(CNC(=O)C(F)(F)C(F)F)C1. The number of hydrogen-bond acceptors (Lipinski definition) is 3. The number of anilines is 1. The second kappa shape index (κ2) is 7.06. The fourth-order valence-corrected chi connectivity index (χ4v) is 2.56. The first-order valence-corrected chi connectivity index (χ1v) is 7.18. The molecule has 1 aliphatic heterocycles. The molecule has 1 aromatic carbocycles. The highest BCUT2D eigenvalue weighted by atomic mass is 19.3. The molecule has 0 bridgehead atoms. The molecule has 1 saturated heterocycles. The molecule has 1 N–H and O–H groups in total. The van der Waals surface area contributed by atoms with Gasteiger partial charge in [-0.15, -0.1) is 0 Å². The fraction of sp³-hybridized carbons (Fsp3) is 0.533. The van der Waals surface area contributed by atoms with E-state index in [1.54, 1.807) is 7.11 Å². The van der Waals surface area contributed by atoms with Gasteiger partial charge < -0.3 is 15.0 Å². The standard InChI is InChI=1S/C15H18F4N2O2/c1-23-12-5-3-2-4-11(12)21-7-6-10(9-21)8-20-14(22)15(18,19)13(16)17/h2-5,10,13H,6-9H2,1H3,(H,20,22). The number of methoxy groups -OCH3 is 1. The number of carbonyl (C=O) groups is 1. The van der Waals surface area contributed by atoms with Crippen molar-refractivity contribution >= 4 is 11.6 Å². The minimum Gasteiger partial charge on any atom is -0.495 e. The van der Waals surface area contributed by atoms with Crippen molar-refractivity contribution in [3.63, 3.8) is 0 Å². The van der Waals surface area contributed by atoms with Crippen LogP contribution in [0.15, 0.2) is 24.3 Å². The van der Waals surface area contributed by atoms with Crippen LogP contribution in [0.4, 0.5) is 23.2 Å². The summed E-state index contributed by atoms with van der Waals surface area (Å²) in [4.78, 5) is 13.2. The van der Waals surface area contributed by atoms with E-state index >= 15 is 0 Å². The van der Waals surface area contributed by atoms with E-state index in [9.17, 15) is 22.4 Å². The largest absolute Gasteiger partial charge is 0.495 e. The normalized spacial score (nSPS) is 18.3. The monoisotopic (exact) mass is 334 g/mol. The molecule has 0 aromatic heterocycles. The Labute approximate surface area is 131 Å². The number of carbonyl (C=O) groups excluding carboxylic acids is 1. The highest BCUT2D eigenvalue weighted by Crippen LogP contribution is 2.32. The van der Waals surface area contributed by atoms with Gasteiger partial charge in [0, 0.05) is 19.6 Å². The summed E-state index contributed by atoms with van der Waals surface area (Å²) in [7, 11) is 1.55. The first-order chi connectivity index (χ1) is 10.9. The van der Waals surface area contributed by atoms with Gasteiger partial charge in [0.2, 0.25) is 0 Å². The van der Waals surface area contributed by atoms with Crippen LogP contribution >= 0.6 is 0 Å². The molecule has 0 spiro atoms. The molecule has 1 unspecified atom stereocenters. The van der Waals surface area contributed by atoms with Gasteiger partial charge in [-0.05, 0) is 24.5 Å². The number of amides is 1. The second-order valence-corrected chi connectivity index (χ2v) is 5.41. The second-order valence-electron chi connectivity index (χ2n) is 5.41. The van der Waals surface area contributed by atoms with Gasteiger partial charge in [0.25, 0.3) is 5.91 Å². The summed E-state index contributed by atoms with van der Waals surface area (Å²) in [5.41, 5.74) is 0.877. The average Bonchev–Trinajstić information content (AvgIpc) is 3.01. The third-order valence-corrected chi connectivity index (χ3v) is 3.84. The van der Waals surface area contributed by atoms with Crippen molar-refractivity contribution in [1.29, 1.82) is 0 Å². The third kappa shape index (κ3) is 3.86. The number of ether oxygens (including phenoxy) is 1. The summed E-state index contributed by atoms with van der Waals surface area (Å²) in [5, 5.41) is 1.92. The predicted octanol–water partition coefficient (Wildman–Crippen LogP) is 2.54. The van der Waals surface area contributed by atoms with E-state index in [-0.39, 0.29) is 12.5 Å². The number of para-hydroxylation sites is 2. The minimum absolute atomic E-state index is 0.0627. The fourth-order valence-electron chi connectivity index (χ4n) is 2.56. The predicted molar refractivity (Wildman–Crippen MR) is 77.3 cm³/mol. The lowest BCUT2D eigenvalue weighted by Crippen LogP contribution is -2.46. The van der Waals surface area contributed by atoms with Gasteiger partial charge in [-0.1, -0.05) is 12.1 Å². The topological polar surface area (TPSA) is 41.6 Å². The smallest absolute Gasteiger partial charge is 0.383 e. The van der Waals surface area contributed by atoms with Crippen molar-refractivity contribution in [2.75, 3.05) is 31.6 Å². The first-order valence-electron chi connectivity index (χ1n) is 7.18. The van der Waals surface area contributed by atoms with Crippen LogP contribution < -0.4 is 15.0 Å². The molecule has 1 amide bonds. The molecular formula is C15H18F4N2O2. The van der Waals surface area contributed by atoms with Gasteiger partial charge in [0.05, 0.1) is 12.8 Å². The first kappa shape index (κ1) is 17.4. The quantitative estimate of drug-likeness (QED) is 0.813. The maximum Gasteiger partial charge on any atom is 0.383 e. The minimum atomic E-state index is -4.65. The van der Waals surface area contributed by atoms with Gasteiger partial charge in [-0.25, -0.2) is 8.78 Å². The van der Waals surface area contributed by atoms with Crippen molar-refractivity contribution in [3.8, 4) is 5.75 Å². The lowest BCUT2D eigenvalue weighted by Gasteiger charge is -2.21. The van der Waals surface area contributed by atoms with Crippen LogP contribution in [0.1, 0.15) is 6.42 Å². The molecule has 2 rings (SSSR count). The molecule has 1 aliphatic rings. The Kier molecular flexibility index (Phi) is 5.33. The van der Waals surface area contributed by atoms with E-state index in [4.69, 9.17) is 4.74 Å². The summed E-state index contributed by atoms with van der Waals surface area (Å²) in [6.07, 6.45) is -3.34. The molecule has 128 valence electrons. The van der Waals surface area contributed by atoms with Crippen LogP contribution in [-0.4, -0.2) is 45.0 Å². The molecule has 0 saturated carbocycles. The van der Waals surface area contributed by atoms with Gasteiger partial charge in [-0.2, -0.15) is 8.78 Å². The molecule has 1 aromatic rings. The Bertz CT molecular complexity index is 554. The maximum absolute atomic E-state index is 12.9. The van der Waals surface area contributed by atoms with Gasteiger partial charge in [0.15, 0.2) is 0 Å². The summed E-state index contributed by atoms with van der Waals surface area (Å²) in [6.45, 7) is 1.14. The number of benzene rings is 1. The van der Waals surface area contributed by atoms with Gasteiger partial charge in [0.1, 0.15) is 5.75 Å². The number of alkyl halides is 4. The number of rotatable bonds is 6. The molecule has 1 fully saturated rings. The molecule has 23 heavy (non-hydrogen) atoms. The zero-order chi connectivity index (χ0) is 17.0. The Morgan fingerprint density at radius 2 is 2.13 bits per heavy atom. The maximum atomic E-state index is 12.9. The number of nitrogens with one attached hydrogen (secondary N) is 1. The molecule has 8 heteroatoms. The lowest BCUT2D eigenvalue weighted by atomic mass is 10.1. The lowest BCUT2D eigenvalue weighted by molar-refractivity contribution is -0.169. The van der Waals surface area contributed by atoms with Crippen LogP contribution in [0.3, 0.4) is 0 Å². The number of hydrogen-bond donors (Lipinski definition) is 1. The van der Waals surface area contributed by atoms with Crippen LogP contribution in [0, 0.1) is 5.92 Å². The molecular weight excluding hydrogens is 316 g/mol. The highest BCUT2D eigenvalue weighted by Gasteiger charge is 2.48. The van der Waals surface area contributed by atoms with Crippen LogP contribution in [0.5, 0.6) is 5.75 Å². The summed E-state index contributed by atoms with van der Waals surface area (Å²) in [6, 6.07) is 7.39. The van der Waals surface area contributed by atoms with Crippen molar-refractivity contribution in [3.05, 3.63) is 24.3 Å². The molecule has 1 heterocycles. The molecule has 0 aliphatic carbocycles. The van der Waals surface area contributed by atoms with Crippen molar-refractivity contribution in [2.45, 2.75) is 18.8 Å². The van der Waals surface area contributed by atoms with Crippen molar-refractivity contribution < 1.29 is 27.1 Å². The van der Waals surface area contributed by atoms with Gasteiger partial charge >= 0.3 is 12.3 Å². The number of nitrogens with zero attached hydrogens (tertiary/aromatic N) is 1. The third-order valence-electron chi connectivity index (χ3n) is 3.84. The zero-order valence-corrected chi connectivity index (χ0v) is 12.6. The van der Waals surface area contributed by atoms with Crippen LogP contribution in [0.2, 0.25) is 0 Å². The van der Waals surface area contributed by atoms with Crippen LogP contribution in [-0.2, 0) is 4.79 Å². The Morgan fingerprint density at radius 3 is 2.78 bits per heavy atom. The Morgan fingerprint density at radius 1 is 1.43 bits per heavy atom. The zero-order valence-electron chi connectivity index (χ0n) is 12.6. The summed E-state index contributed by atoms with van der Waals surface area (Å²) < 4.78 is 55.2. The van der Waals surface area contributed by atoms with E-state index in [2.05, 4.69) is 0 Å². The molecule has 0 radical (unpaired) electrons. The van der Waals surface area contributed by atoms with Crippen molar-refractivity contribution in [1.82, 2.24) is 5.32 Å². The van der Waals surface area contributed by atoms with E-state index in [1.165, 1.54) is 0 Å². The van der Waals surface area contributed by atoms with Crippen LogP contribution in [0.25, 0.3) is 0 Å². The number of halogens is 4. The average molecular weight is 334 g/mol. The molecule has 1 atom stereocenters. The van der Waals surface area contributed by atoms with E-state index in [0.717, 1.165) is 5.69 Å². The van der Waals surface area contributed by atoms with E-state index < -0.39 is 18.3 Å². The van der Waals surface area contributed by atoms with Crippen molar-refractivity contribution in [2.24, 2.45) is 5.92 Å². The van der Waals surface area contributed by atoms with E-state index in [0.29, 0.717) is 25.3 Å². The van der Waals surface area contributed by atoms with E-state index in [1.807, 2.05) is 34.5 Å². The Balaban J connectivity index is 1.90. The Hall–Kier alpha value is -1.99. The summed E-state index contributed by atoms with van der Waals surface area (Å²) in [5.74, 6) is -5.97. The van der Waals surface area contributed by atoms with Gasteiger partial charge in [-0.3, -0.25) is 4.79 Å². The summed E-state index contributed by atoms with van der Waals surface area (Å²) >= 11 is 0. The molecule has 4 nitrogen and oxygen atoms in total.